The van der Waals surface area contributed by atoms with Gasteiger partial charge < -0.3 is 15.2 Å². The Bertz CT molecular complexity index is 371. The van der Waals surface area contributed by atoms with Crippen molar-refractivity contribution in [1.29, 1.82) is 0 Å². The van der Waals surface area contributed by atoms with Crippen molar-refractivity contribution in [3.05, 3.63) is 29.8 Å². The molecule has 0 fully saturated rings. The van der Waals surface area contributed by atoms with E-state index < -0.39 is 5.60 Å². The number of nitrogens with one attached hydrogen (secondary N) is 1. The zero-order valence-corrected chi connectivity index (χ0v) is 13.3. The monoisotopic (exact) mass is 279 g/mol. The van der Waals surface area contributed by atoms with E-state index in [9.17, 15) is 5.11 Å². The lowest BCUT2D eigenvalue weighted by Crippen LogP contribution is -2.34. The first-order valence-corrected chi connectivity index (χ1v) is 7.73. The second-order valence-electron chi connectivity index (χ2n) is 5.46. The van der Waals surface area contributed by atoms with Crippen molar-refractivity contribution in [2.24, 2.45) is 0 Å². The van der Waals surface area contributed by atoms with Gasteiger partial charge in [-0.2, -0.15) is 0 Å². The van der Waals surface area contributed by atoms with E-state index in [2.05, 4.69) is 31.3 Å². The van der Waals surface area contributed by atoms with Crippen LogP contribution < -0.4 is 10.1 Å². The van der Waals surface area contributed by atoms with E-state index in [1.165, 1.54) is 5.56 Å². The molecule has 2 N–H and O–H groups in total. The lowest BCUT2D eigenvalue weighted by atomic mass is 9.99. The van der Waals surface area contributed by atoms with E-state index in [1.54, 1.807) is 0 Å². The topological polar surface area (TPSA) is 41.5 Å². The van der Waals surface area contributed by atoms with Gasteiger partial charge in [0.1, 0.15) is 12.4 Å². The molecular formula is C17H29NO2. The Balaban J connectivity index is 2.54. The van der Waals surface area contributed by atoms with Crippen molar-refractivity contribution >= 4 is 0 Å². The van der Waals surface area contributed by atoms with Crippen molar-refractivity contribution < 1.29 is 9.84 Å². The van der Waals surface area contributed by atoms with Crippen molar-refractivity contribution in [3.8, 4) is 5.75 Å². The Morgan fingerprint density at radius 1 is 1.15 bits per heavy atom. The third kappa shape index (κ3) is 5.14. The average Bonchev–Trinajstić information content (AvgIpc) is 2.50. The molecule has 0 radical (unpaired) electrons. The van der Waals surface area contributed by atoms with E-state index in [4.69, 9.17) is 4.74 Å². The SMILES string of the molecule is CCCNC(C)c1ccc(OCC(O)(CC)CC)cc1. The van der Waals surface area contributed by atoms with Gasteiger partial charge in [0, 0.05) is 6.04 Å². The molecule has 0 saturated heterocycles. The summed E-state index contributed by atoms with van der Waals surface area (Å²) in [7, 11) is 0. The zero-order chi connectivity index (χ0) is 15.0. The summed E-state index contributed by atoms with van der Waals surface area (Å²) in [5.74, 6) is 0.816. The number of aliphatic hydroxyl groups is 1. The fourth-order valence-electron chi connectivity index (χ4n) is 2.00. The summed E-state index contributed by atoms with van der Waals surface area (Å²) in [6, 6.07) is 8.47. The van der Waals surface area contributed by atoms with Gasteiger partial charge in [0.25, 0.3) is 0 Å². The third-order valence-electron chi connectivity index (χ3n) is 3.90. The molecule has 0 saturated carbocycles. The number of hydrogen-bond acceptors (Lipinski definition) is 3. The number of hydrogen-bond donors (Lipinski definition) is 2. The molecule has 0 aliphatic carbocycles. The molecule has 1 unspecified atom stereocenters. The Hall–Kier alpha value is -1.06. The predicted molar refractivity (Wildman–Crippen MR) is 84.2 cm³/mol. The summed E-state index contributed by atoms with van der Waals surface area (Å²) in [4.78, 5) is 0. The summed E-state index contributed by atoms with van der Waals surface area (Å²) in [6.45, 7) is 9.67. The molecule has 0 aliphatic rings. The van der Waals surface area contributed by atoms with Crippen LogP contribution in [0.4, 0.5) is 0 Å². The molecule has 1 atom stereocenters. The first-order chi connectivity index (χ1) is 9.54. The van der Waals surface area contributed by atoms with Gasteiger partial charge in [-0.15, -0.1) is 0 Å². The molecule has 0 amide bonds. The van der Waals surface area contributed by atoms with Crippen molar-refractivity contribution in [1.82, 2.24) is 5.32 Å². The predicted octanol–water partition coefficient (Wildman–Crippen LogP) is 3.68. The Labute approximate surface area is 123 Å². The maximum atomic E-state index is 10.2. The third-order valence-corrected chi connectivity index (χ3v) is 3.90. The Morgan fingerprint density at radius 2 is 1.75 bits per heavy atom. The molecule has 3 nitrogen and oxygen atoms in total. The van der Waals surface area contributed by atoms with Crippen LogP contribution in [0.3, 0.4) is 0 Å². The van der Waals surface area contributed by atoms with Gasteiger partial charge >= 0.3 is 0 Å². The Morgan fingerprint density at radius 3 is 2.25 bits per heavy atom. The van der Waals surface area contributed by atoms with Crippen molar-refractivity contribution in [2.45, 2.75) is 58.6 Å². The molecule has 0 heterocycles. The average molecular weight is 279 g/mol. The number of benzene rings is 1. The molecule has 1 aromatic carbocycles. The summed E-state index contributed by atoms with van der Waals surface area (Å²) >= 11 is 0. The second-order valence-corrected chi connectivity index (χ2v) is 5.46. The van der Waals surface area contributed by atoms with Crippen LogP contribution in [-0.2, 0) is 0 Å². The minimum absolute atomic E-state index is 0.350. The fourth-order valence-corrected chi connectivity index (χ4v) is 2.00. The first kappa shape index (κ1) is 17.0. The van der Waals surface area contributed by atoms with Gasteiger partial charge in [0.05, 0.1) is 5.60 Å². The van der Waals surface area contributed by atoms with Crippen LogP contribution in [0.1, 0.15) is 58.6 Å². The fraction of sp³-hybridized carbons (Fsp3) is 0.647. The summed E-state index contributed by atoms with van der Waals surface area (Å²) in [5.41, 5.74) is 0.543. The van der Waals surface area contributed by atoms with Crippen LogP contribution in [-0.4, -0.2) is 23.9 Å². The van der Waals surface area contributed by atoms with Gasteiger partial charge in [-0.3, -0.25) is 0 Å². The lowest BCUT2D eigenvalue weighted by Gasteiger charge is -2.25. The van der Waals surface area contributed by atoms with Crippen molar-refractivity contribution in [3.63, 3.8) is 0 Å². The van der Waals surface area contributed by atoms with Crippen LogP contribution >= 0.6 is 0 Å². The highest BCUT2D eigenvalue weighted by Crippen LogP contribution is 2.20. The van der Waals surface area contributed by atoms with Gasteiger partial charge in [0.2, 0.25) is 0 Å². The van der Waals surface area contributed by atoms with E-state index in [0.29, 0.717) is 25.5 Å². The highest BCUT2D eigenvalue weighted by atomic mass is 16.5. The molecule has 3 heteroatoms. The molecule has 0 spiro atoms. The summed E-state index contributed by atoms with van der Waals surface area (Å²) in [5, 5.41) is 13.7. The van der Waals surface area contributed by atoms with E-state index in [1.807, 2.05) is 26.0 Å². The molecule has 0 aromatic heterocycles. The molecule has 1 aromatic rings. The molecule has 0 bridgehead atoms. The van der Waals surface area contributed by atoms with Gasteiger partial charge in [-0.25, -0.2) is 0 Å². The van der Waals surface area contributed by atoms with Crippen LogP contribution in [0.15, 0.2) is 24.3 Å². The highest BCUT2D eigenvalue weighted by Gasteiger charge is 2.23. The van der Waals surface area contributed by atoms with Gasteiger partial charge in [-0.1, -0.05) is 32.9 Å². The van der Waals surface area contributed by atoms with Gasteiger partial charge in [-0.05, 0) is 50.4 Å². The maximum absolute atomic E-state index is 10.2. The maximum Gasteiger partial charge on any atom is 0.119 e. The van der Waals surface area contributed by atoms with Crippen LogP contribution in [0.2, 0.25) is 0 Å². The molecule has 1 rings (SSSR count). The first-order valence-electron chi connectivity index (χ1n) is 7.73. The minimum atomic E-state index is -0.714. The summed E-state index contributed by atoms with van der Waals surface area (Å²) in [6.07, 6.45) is 2.55. The van der Waals surface area contributed by atoms with E-state index >= 15 is 0 Å². The second kappa shape index (κ2) is 8.28. The minimum Gasteiger partial charge on any atom is -0.491 e. The normalized spacial score (nSPS) is 13.2. The molecule has 20 heavy (non-hydrogen) atoms. The van der Waals surface area contributed by atoms with Crippen molar-refractivity contribution in [2.75, 3.05) is 13.2 Å². The quantitative estimate of drug-likeness (QED) is 0.724. The van der Waals surface area contributed by atoms with Gasteiger partial charge in [0.15, 0.2) is 0 Å². The summed E-state index contributed by atoms with van der Waals surface area (Å²) < 4.78 is 5.70. The van der Waals surface area contributed by atoms with Crippen LogP contribution in [0.5, 0.6) is 5.75 Å². The largest absolute Gasteiger partial charge is 0.491 e. The number of ether oxygens (including phenoxy) is 1. The smallest absolute Gasteiger partial charge is 0.119 e. The Kier molecular flexibility index (Phi) is 7.03. The standard InChI is InChI=1S/C17H29NO2/c1-5-12-18-14(4)15-8-10-16(11-9-15)20-13-17(19,6-2)7-3/h8-11,14,18-19H,5-7,12-13H2,1-4H3. The molecule has 0 aliphatic heterocycles. The van der Waals surface area contributed by atoms with E-state index in [0.717, 1.165) is 18.7 Å². The molecular weight excluding hydrogens is 250 g/mol. The number of rotatable bonds is 9. The van der Waals surface area contributed by atoms with Crippen LogP contribution in [0, 0.1) is 0 Å². The lowest BCUT2D eigenvalue weighted by molar-refractivity contribution is -0.0113. The zero-order valence-electron chi connectivity index (χ0n) is 13.3. The molecule has 114 valence electrons. The van der Waals surface area contributed by atoms with Crippen LogP contribution in [0.25, 0.3) is 0 Å². The van der Waals surface area contributed by atoms with E-state index in [-0.39, 0.29) is 0 Å². The highest BCUT2D eigenvalue weighted by molar-refractivity contribution is 5.29.